The molecule has 0 fully saturated rings. The summed E-state index contributed by atoms with van der Waals surface area (Å²) >= 11 is 0. The van der Waals surface area contributed by atoms with Crippen LogP contribution in [0, 0.1) is 23.3 Å². The van der Waals surface area contributed by atoms with Gasteiger partial charge >= 0.3 is 0 Å². The molecule has 0 saturated heterocycles. The van der Waals surface area contributed by atoms with Crippen LogP contribution in [0.3, 0.4) is 0 Å². The average Bonchev–Trinajstić information content (AvgIpc) is 2.29. The van der Waals surface area contributed by atoms with Crippen molar-refractivity contribution in [2.45, 2.75) is 39.3 Å². The molecule has 0 radical (unpaired) electrons. The van der Waals surface area contributed by atoms with Crippen molar-refractivity contribution in [2.24, 2.45) is 0 Å². The molecule has 0 saturated carbocycles. The summed E-state index contributed by atoms with van der Waals surface area (Å²) in [6.45, 7) is 6.49. The number of rotatable bonds is 3. The van der Waals surface area contributed by atoms with Gasteiger partial charge in [0.2, 0.25) is 5.91 Å². The van der Waals surface area contributed by atoms with Crippen LogP contribution in [0.25, 0.3) is 0 Å². The molecule has 0 aliphatic rings. The van der Waals surface area contributed by atoms with Crippen LogP contribution in [-0.4, -0.2) is 17.5 Å². The molecule has 20 heavy (non-hydrogen) atoms. The molecular formula is C13H16F4N2O. The third kappa shape index (κ3) is 3.85. The Morgan fingerprint density at radius 3 is 1.95 bits per heavy atom. The van der Waals surface area contributed by atoms with E-state index < -0.39 is 46.4 Å². The molecule has 0 heterocycles. The Kier molecular flexibility index (Phi) is 4.62. The highest BCUT2D eigenvalue weighted by Gasteiger charge is 2.24. The Morgan fingerprint density at radius 1 is 1.10 bits per heavy atom. The monoisotopic (exact) mass is 292 g/mol. The maximum absolute atomic E-state index is 13.4. The smallest absolute Gasteiger partial charge is 0.242 e. The van der Waals surface area contributed by atoms with Gasteiger partial charge < -0.3 is 10.6 Å². The van der Waals surface area contributed by atoms with E-state index in [-0.39, 0.29) is 6.07 Å². The van der Waals surface area contributed by atoms with Gasteiger partial charge in [-0.05, 0) is 27.7 Å². The van der Waals surface area contributed by atoms with E-state index in [2.05, 4.69) is 10.6 Å². The van der Waals surface area contributed by atoms with Crippen molar-refractivity contribution in [1.29, 1.82) is 0 Å². The minimum Gasteiger partial charge on any atom is -0.369 e. The van der Waals surface area contributed by atoms with Gasteiger partial charge in [-0.25, -0.2) is 17.6 Å². The van der Waals surface area contributed by atoms with Crippen LogP contribution in [-0.2, 0) is 4.79 Å². The first-order valence-electron chi connectivity index (χ1n) is 5.94. The maximum Gasteiger partial charge on any atom is 0.242 e. The molecule has 3 nitrogen and oxygen atoms in total. The molecule has 0 spiro atoms. The average molecular weight is 292 g/mol. The summed E-state index contributed by atoms with van der Waals surface area (Å²) in [4.78, 5) is 11.7. The SMILES string of the molecule is CC(Nc1c(F)c(F)cc(F)c1F)C(=O)NC(C)(C)C. The fourth-order valence-electron chi connectivity index (χ4n) is 1.46. The van der Waals surface area contributed by atoms with Crippen molar-refractivity contribution >= 4 is 11.6 Å². The second kappa shape index (κ2) is 5.68. The molecule has 1 unspecified atom stereocenters. The number of hydrogen-bond acceptors (Lipinski definition) is 2. The zero-order valence-electron chi connectivity index (χ0n) is 11.6. The van der Waals surface area contributed by atoms with Crippen LogP contribution < -0.4 is 10.6 Å². The second-order valence-corrected chi connectivity index (χ2v) is 5.45. The Hall–Kier alpha value is -1.79. The van der Waals surface area contributed by atoms with Crippen LogP contribution >= 0.6 is 0 Å². The maximum atomic E-state index is 13.4. The third-order valence-corrected chi connectivity index (χ3v) is 2.36. The molecule has 0 bridgehead atoms. The van der Waals surface area contributed by atoms with Crippen molar-refractivity contribution in [3.05, 3.63) is 29.3 Å². The summed E-state index contributed by atoms with van der Waals surface area (Å²) in [6.07, 6.45) is 0. The molecule has 0 aliphatic carbocycles. The number of nitrogens with one attached hydrogen (secondary N) is 2. The van der Waals surface area contributed by atoms with Gasteiger partial charge in [-0.3, -0.25) is 4.79 Å². The number of halogens is 4. The van der Waals surface area contributed by atoms with Crippen LogP contribution in [0.1, 0.15) is 27.7 Å². The normalized spacial score (nSPS) is 13.0. The zero-order chi connectivity index (χ0) is 15.7. The van der Waals surface area contributed by atoms with Gasteiger partial charge in [0.15, 0.2) is 23.3 Å². The van der Waals surface area contributed by atoms with Gasteiger partial charge in [-0.15, -0.1) is 0 Å². The van der Waals surface area contributed by atoms with E-state index in [1.165, 1.54) is 6.92 Å². The standard InChI is InChI=1S/C13H16F4N2O/c1-6(12(20)19-13(2,3)4)18-11-9(16)7(14)5-8(15)10(11)17/h5-6,18H,1-4H3,(H,19,20). The second-order valence-electron chi connectivity index (χ2n) is 5.45. The molecule has 0 aliphatic heterocycles. The Morgan fingerprint density at radius 2 is 1.55 bits per heavy atom. The van der Waals surface area contributed by atoms with E-state index in [1.54, 1.807) is 20.8 Å². The van der Waals surface area contributed by atoms with Crippen LogP contribution in [0.4, 0.5) is 23.2 Å². The summed E-state index contributed by atoms with van der Waals surface area (Å²) in [7, 11) is 0. The summed E-state index contributed by atoms with van der Waals surface area (Å²) < 4.78 is 52.9. The lowest BCUT2D eigenvalue weighted by Gasteiger charge is -2.24. The Labute approximate surface area is 114 Å². The lowest BCUT2D eigenvalue weighted by molar-refractivity contribution is -0.122. The van der Waals surface area contributed by atoms with Gasteiger partial charge in [0.25, 0.3) is 0 Å². The summed E-state index contributed by atoms with van der Waals surface area (Å²) in [5, 5.41) is 4.71. The Balaban J connectivity index is 2.97. The van der Waals surface area contributed by atoms with Crippen molar-refractivity contribution in [2.75, 3.05) is 5.32 Å². The van der Waals surface area contributed by atoms with Gasteiger partial charge in [0, 0.05) is 11.6 Å². The zero-order valence-corrected chi connectivity index (χ0v) is 11.6. The molecule has 0 aromatic heterocycles. The highest BCUT2D eigenvalue weighted by atomic mass is 19.2. The highest BCUT2D eigenvalue weighted by molar-refractivity contribution is 5.84. The van der Waals surface area contributed by atoms with Crippen LogP contribution in [0.2, 0.25) is 0 Å². The van der Waals surface area contributed by atoms with E-state index in [0.29, 0.717) is 0 Å². The van der Waals surface area contributed by atoms with E-state index in [4.69, 9.17) is 0 Å². The number of amides is 1. The lowest BCUT2D eigenvalue weighted by Crippen LogP contribution is -2.47. The van der Waals surface area contributed by atoms with Gasteiger partial charge in [-0.1, -0.05) is 0 Å². The molecule has 1 aromatic carbocycles. The molecule has 1 rings (SSSR count). The van der Waals surface area contributed by atoms with Crippen molar-refractivity contribution in [3.8, 4) is 0 Å². The molecule has 112 valence electrons. The predicted octanol–water partition coefficient (Wildman–Crippen LogP) is 2.96. The molecule has 1 amide bonds. The first-order valence-corrected chi connectivity index (χ1v) is 5.94. The largest absolute Gasteiger partial charge is 0.369 e. The molecule has 1 aromatic rings. The van der Waals surface area contributed by atoms with Gasteiger partial charge in [-0.2, -0.15) is 0 Å². The van der Waals surface area contributed by atoms with Gasteiger partial charge in [0.05, 0.1) is 0 Å². The number of carbonyl (C=O) groups is 1. The van der Waals surface area contributed by atoms with Crippen LogP contribution in [0.5, 0.6) is 0 Å². The highest BCUT2D eigenvalue weighted by Crippen LogP contribution is 2.24. The van der Waals surface area contributed by atoms with Crippen LogP contribution in [0.15, 0.2) is 6.07 Å². The molecule has 2 N–H and O–H groups in total. The third-order valence-electron chi connectivity index (χ3n) is 2.36. The first-order chi connectivity index (χ1) is 9.03. The van der Waals surface area contributed by atoms with Crippen molar-refractivity contribution < 1.29 is 22.4 Å². The van der Waals surface area contributed by atoms with Gasteiger partial charge in [0.1, 0.15) is 11.7 Å². The Bertz CT molecular complexity index is 500. The van der Waals surface area contributed by atoms with Crippen molar-refractivity contribution in [3.63, 3.8) is 0 Å². The van der Waals surface area contributed by atoms with E-state index in [9.17, 15) is 22.4 Å². The van der Waals surface area contributed by atoms with E-state index >= 15 is 0 Å². The number of benzene rings is 1. The van der Waals surface area contributed by atoms with Crippen molar-refractivity contribution in [1.82, 2.24) is 5.32 Å². The molecular weight excluding hydrogens is 276 g/mol. The number of anilines is 1. The minimum atomic E-state index is -1.57. The van der Waals surface area contributed by atoms with E-state index in [1.807, 2.05) is 0 Å². The summed E-state index contributed by atoms with van der Waals surface area (Å²) in [5.41, 5.74) is -1.55. The predicted molar refractivity (Wildman–Crippen MR) is 67.3 cm³/mol. The number of hydrogen-bond donors (Lipinski definition) is 2. The molecule has 1 atom stereocenters. The first kappa shape index (κ1) is 16.3. The summed E-state index contributed by atoms with van der Waals surface area (Å²) in [5.74, 6) is -6.76. The minimum absolute atomic E-state index is 0.107. The topological polar surface area (TPSA) is 41.1 Å². The lowest BCUT2D eigenvalue weighted by atomic mass is 10.1. The summed E-state index contributed by atoms with van der Waals surface area (Å²) in [6, 6.07) is -0.963. The number of carbonyl (C=O) groups excluding carboxylic acids is 1. The quantitative estimate of drug-likeness (QED) is 0.664. The fourth-order valence-corrected chi connectivity index (χ4v) is 1.46. The molecule has 7 heteroatoms. The van der Waals surface area contributed by atoms with E-state index in [0.717, 1.165) is 0 Å². The fraction of sp³-hybridized carbons (Fsp3) is 0.462.